The number of ether oxygens (including phenoxy) is 14. The fourth-order valence-electron chi connectivity index (χ4n) is 20.6. The summed E-state index contributed by atoms with van der Waals surface area (Å²) in [6, 6.07) is 0. The number of allylic oxidation sites excluding steroid dienone is 2. The van der Waals surface area contributed by atoms with Crippen molar-refractivity contribution in [1.82, 2.24) is 0 Å². The predicted octanol–water partition coefficient (Wildman–Crippen LogP) is -6.90. The molecule has 7 saturated heterocycles. The fraction of sp³-hybridized carbons (Fsp3) is 0.958. The molecule has 12 rings (SSSR count). The van der Waals surface area contributed by atoms with Crippen LogP contribution in [0.5, 0.6) is 0 Å². The highest BCUT2D eigenvalue weighted by Gasteiger charge is 2.71. The van der Waals surface area contributed by atoms with Gasteiger partial charge in [0.1, 0.15) is 159 Å². The molecule has 42 atom stereocenters. The summed E-state index contributed by atoms with van der Waals surface area (Å²) in [7, 11) is 0. The van der Waals surface area contributed by atoms with Crippen LogP contribution in [0.3, 0.4) is 0 Å². The van der Waals surface area contributed by atoms with Crippen LogP contribution in [0, 0.1) is 50.2 Å². The molecule has 0 bridgehead atoms. The SMILES string of the molecule is CC1OC(OC2C(CO)OC(OC3C(O)C(CO)OC(OCC4OC(OC(=O)C56CCC(C)(C)CC5C5=CCC7C8(C)CCC(OC9OCC(O)C(OC%10OC(CO)C(OC%11OC(CO)C(O)C(O)C%11O)C(O)C%10O)C9O)C(C)(C)C8CCC7(C)C5(C)CC6)C(O)C(O)C4O)C3O)C(O)C2O)C(O)C(O)C1O. The number of aliphatic hydroxyl groups excluding tert-OH is 21. The van der Waals surface area contributed by atoms with Crippen molar-refractivity contribution >= 4 is 5.97 Å². The molecule has 36 heteroatoms. The molecule has 616 valence electrons. The van der Waals surface area contributed by atoms with Crippen molar-refractivity contribution in [3.8, 4) is 0 Å². The Balaban J connectivity index is 0.689. The third-order valence-corrected chi connectivity index (χ3v) is 27.3. The minimum atomic E-state index is -2.07. The van der Waals surface area contributed by atoms with Gasteiger partial charge in [-0.05, 0) is 116 Å². The first kappa shape index (κ1) is 84.3. The Morgan fingerprint density at radius 1 is 0.439 bits per heavy atom. The summed E-state index contributed by atoms with van der Waals surface area (Å²) in [5.41, 5.74) is -1.73. The number of hydrogen-bond donors (Lipinski definition) is 21. The summed E-state index contributed by atoms with van der Waals surface area (Å²) in [6.45, 7) is 12.5. The molecule has 107 heavy (non-hydrogen) atoms. The Bertz CT molecular complexity index is 3020. The van der Waals surface area contributed by atoms with Gasteiger partial charge >= 0.3 is 5.97 Å². The van der Waals surface area contributed by atoms with E-state index in [2.05, 4.69) is 54.5 Å². The Labute approximate surface area is 618 Å². The first-order valence-electron chi connectivity index (χ1n) is 37.6. The zero-order valence-electron chi connectivity index (χ0n) is 61.3. The Morgan fingerprint density at radius 3 is 1.50 bits per heavy atom. The van der Waals surface area contributed by atoms with Crippen molar-refractivity contribution in [3.63, 3.8) is 0 Å². The minimum absolute atomic E-state index is 0.0726. The molecule has 0 radical (unpaired) electrons. The minimum Gasteiger partial charge on any atom is -0.432 e. The molecular formula is C71H116O36. The van der Waals surface area contributed by atoms with Gasteiger partial charge in [-0.15, -0.1) is 0 Å². The van der Waals surface area contributed by atoms with Crippen molar-refractivity contribution in [3.05, 3.63) is 11.6 Å². The van der Waals surface area contributed by atoms with Gasteiger partial charge in [0.2, 0.25) is 6.29 Å². The lowest BCUT2D eigenvalue weighted by Crippen LogP contribution is -2.67. The van der Waals surface area contributed by atoms with E-state index in [-0.39, 0.29) is 40.6 Å². The average molecular weight is 1550 g/mol. The van der Waals surface area contributed by atoms with Crippen LogP contribution < -0.4 is 0 Å². The standard InChI is InChI=1S/C71H116O36/c1-26-38(77)42(81)47(86)60(96-26)104-55-32(22-74)100-63(51(90)46(55)85)106-57-41(80)31(21-73)97-58(53(57)92)95-25-34-40(79)44(83)49(88)64(101-34)107-65(93)71-17-15-66(2,3)19-28(71)27-9-10-36-68(6)13-12-37(67(4,5)35(68)11-14-70(36,8)69(27,7)16-18-71)102-59-52(91)54(29(76)24-94-59)103-62-50(89)45(84)56(33(23-75)99-62)105-61-48(87)43(82)39(78)30(20-72)98-61/h9,26,28-64,72-92H,10-25H2,1-8H3. The molecule has 21 N–H and O–H groups in total. The van der Waals surface area contributed by atoms with Crippen molar-refractivity contribution < 1.29 is 178 Å². The number of fused-ring (bicyclic) bond motifs is 7. The van der Waals surface area contributed by atoms with Crippen LogP contribution in [0.15, 0.2) is 11.6 Å². The number of aliphatic hydroxyl groups is 21. The van der Waals surface area contributed by atoms with E-state index >= 15 is 4.79 Å². The van der Waals surface area contributed by atoms with E-state index in [1.54, 1.807) is 0 Å². The molecule has 11 fully saturated rings. The number of esters is 1. The largest absolute Gasteiger partial charge is 0.432 e. The van der Waals surface area contributed by atoms with Crippen LogP contribution in [-0.2, 0) is 71.1 Å². The molecule has 0 amide bonds. The maximum absolute atomic E-state index is 15.4. The lowest BCUT2D eigenvalue weighted by atomic mass is 9.33. The van der Waals surface area contributed by atoms with Gasteiger partial charge in [-0.3, -0.25) is 4.79 Å². The molecular weight excluding hydrogens is 1430 g/mol. The van der Waals surface area contributed by atoms with Gasteiger partial charge in [0, 0.05) is 0 Å². The van der Waals surface area contributed by atoms with E-state index in [9.17, 15) is 107 Å². The lowest BCUT2D eigenvalue weighted by Gasteiger charge is -2.71. The van der Waals surface area contributed by atoms with Gasteiger partial charge < -0.3 is 174 Å². The van der Waals surface area contributed by atoms with E-state index in [0.29, 0.717) is 51.4 Å². The molecule has 12 aliphatic rings. The second kappa shape index (κ2) is 32.1. The Kier molecular flexibility index (Phi) is 25.3. The second-order valence-corrected chi connectivity index (χ2v) is 34.3. The zero-order valence-corrected chi connectivity index (χ0v) is 61.3. The van der Waals surface area contributed by atoms with Crippen molar-refractivity contribution in [2.75, 3.05) is 39.6 Å². The smallest absolute Gasteiger partial charge is 0.315 e. The van der Waals surface area contributed by atoms with Crippen LogP contribution in [0.25, 0.3) is 0 Å². The fourth-order valence-corrected chi connectivity index (χ4v) is 20.6. The molecule has 0 aromatic carbocycles. The summed E-state index contributed by atoms with van der Waals surface area (Å²) in [4.78, 5) is 15.4. The number of carbonyl (C=O) groups is 1. The van der Waals surface area contributed by atoms with E-state index in [1.165, 1.54) is 6.92 Å². The van der Waals surface area contributed by atoms with Crippen molar-refractivity contribution in [1.29, 1.82) is 0 Å². The molecule has 0 spiro atoms. The van der Waals surface area contributed by atoms with Gasteiger partial charge in [0.15, 0.2) is 37.7 Å². The molecule has 7 aliphatic heterocycles. The van der Waals surface area contributed by atoms with Gasteiger partial charge in [-0.1, -0.05) is 60.1 Å². The van der Waals surface area contributed by atoms with Crippen LogP contribution in [0.1, 0.15) is 120 Å². The molecule has 36 nitrogen and oxygen atoms in total. The monoisotopic (exact) mass is 1540 g/mol. The summed E-state index contributed by atoms with van der Waals surface area (Å²) in [5.74, 6) is -0.790. The van der Waals surface area contributed by atoms with Crippen molar-refractivity contribution in [2.24, 2.45) is 50.2 Å². The number of carbonyl (C=O) groups excluding carboxylic acids is 1. The number of rotatable bonds is 19. The number of hydrogen-bond acceptors (Lipinski definition) is 36. The molecule has 7 heterocycles. The third kappa shape index (κ3) is 14.9. The van der Waals surface area contributed by atoms with E-state index in [1.807, 2.05) is 0 Å². The Morgan fingerprint density at radius 2 is 0.916 bits per heavy atom. The molecule has 42 unspecified atom stereocenters. The van der Waals surface area contributed by atoms with Crippen LogP contribution in [-0.4, -0.2) is 368 Å². The topological polar surface area (TPSA) is 571 Å². The van der Waals surface area contributed by atoms with E-state index < -0.39 is 270 Å². The lowest BCUT2D eigenvalue weighted by molar-refractivity contribution is -0.380. The maximum Gasteiger partial charge on any atom is 0.315 e. The van der Waals surface area contributed by atoms with E-state index in [4.69, 9.17) is 66.3 Å². The highest BCUT2D eigenvalue weighted by Crippen LogP contribution is 2.76. The summed E-state index contributed by atoms with van der Waals surface area (Å²) in [6.07, 6.45) is -50.9. The Hall–Kier alpha value is -2.15. The maximum atomic E-state index is 15.4. The molecule has 0 aromatic rings. The second-order valence-electron chi connectivity index (χ2n) is 34.3. The molecule has 0 aromatic heterocycles. The first-order chi connectivity index (χ1) is 50.3. The van der Waals surface area contributed by atoms with Gasteiger partial charge in [-0.25, -0.2) is 0 Å². The zero-order chi connectivity index (χ0) is 78.0. The van der Waals surface area contributed by atoms with Gasteiger partial charge in [-0.2, -0.15) is 0 Å². The summed E-state index contributed by atoms with van der Waals surface area (Å²) in [5, 5.41) is 229. The third-order valence-electron chi connectivity index (χ3n) is 27.3. The normalized spacial score (nSPS) is 54.2. The highest BCUT2D eigenvalue weighted by molar-refractivity contribution is 5.79. The van der Waals surface area contributed by atoms with Crippen LogP contribution >= 0.6 is 0 Å². The summed E-state index contributed by atoms with van der Waals surface area (Å²) >= 11 is 0. The molecule has 5 aliphatic carbocycles. The van der Waals surface area contributed by atoms with Gasteiger partial charge in [0.25, 0.3) is 0 Å². The van der Waals surface area contributed by atoms with Crippen LogP contribution in [0.2, 0.25) is 0 Å². The quantitative estimate of drug-likeness (QED) is 0.0325. The van der Waals surface area contributed by atoms with Gasteiger partial charge in [0.05, 0.1) is 57.3 Å². The molecule has 4 saturated carbocycles. The van der Waals surface area contributed by atoms with Crippen LogP contribution in [0.4, 0.5) is 0 Å². The highest BCUT2D eigenvalue weighted by atomic mass is 16.8. The predicted molar refractivity (Wildman–Crippen MR) is 353 cm³/mol. The van der Waals surface area contributed by atoms with Crippen molar-refractivity contribution in [2.45, 2.75) is 335 Å². The van der Waals surface area contributed by atoms with E-state index in [0.717, 1.165) is 18.4 Å². The first-order valence-corrected chi connectivity index (χ1v) is 37.6. The average Bonchev–Trinajstić information content (AvgIpc) is 0.674. The summed E-state index contributed by atoms with van der Waals surface area (Å²) < 4.78 is 82.4.